The first-order chi connectivity index (χ1) is 25.6. The number of hydrogen-bond donors (Lipinski definition) is 2. The molecule has 0 spiro atoms. The number of nitrogens with one attached hydrogen (secondary N) is 1. The number of allylic oxidation sites excluding steroid dienone is 5. The fraction of sp³-hybridized carbons (Fsp3) is 0.809. The lowest BCUT2D eigenvalue weighted by molar-refractivity contribution is -0.221. The molecular weight excluding hydrogens is 690 g/mol. The molecule has 4 saturated carbocycles. The van der Waals surface area contributed by atoms with E-state index in [1.54, 1.807) is 11.8 Å². The van der Waals surface area contributed by atoms with E-state index in [-0.39, 0.29) is 45.4 Å². The summed E-state index contributed by atoms with van der Waals surface area (Å²) in [6.07, 6.45) is 16.6. The number of piperazine rings is 1. The Bertz CT molecular complexity index is 1680. The molecule has 1 heterocycles. The van der Waals surface area contributed by atoms with Gasteiger partial charge in [-0.15, -0.1) is 0 Å². The van der Waals surface area contributed by atoms with Crippen LogP contribution in [0.15, 0.2) is 35.5 Å². The minimum absolute atomic E-state index is 0.0334. The van der Waals surface area contributed by atoms with Gasteiger partial charge in [0.25, 0.3) is 0 Å². The summed E-state index contributed by atoms with van der Waals surface area (Å²) in [6.45, 7) is 26.9. The maximum Gasteiger partial charge on any atom is 0.312 e. The number of amides is 2. The molecule has 2 amide bonds. The van der Waals surface area contributed by atoms with Crippen molar-refractivity contribution < 1.29 is 23.9 Å². The average molecular weight is 762 g/mol. The van der Waals surface area contributed by atoms with Gasteiger partial charge in [-0.1, -0.05) is 58.9 Å². The zero-order valence-electron chi connectivity index (χ0n) is 35.7. The van der Waals surface area contributed by atoms with Crippen LogP contribution in [0.3, 0.4) is 0 Å². The average Bonchev–Trinajstić information content (AvgIpc) is 3.50. The van der Waals surface area contributed by atoms with Gasteiger partial charge in [-0.2, -0.15) is 0 Å². The number of rotatable bonds is 8. The van der Waals surface area contributed by atoms with Crippen molar-refractivity contribution in [3.8, 4) is 0 Å². The highest BCUT2D eigenvalue weighted by atomic mass is 19.1. The second-order valence-corrected chi connectivity index (χ2v) is 21.5. The van der Waals surface area contributed by atoms with E-state index in [9.17, 15) is 23.9 Å². The summed E-state index contributed by atoms with van der Waals surface area (Å²) in [5, 5.41) is 14.0. The number of fused-ring (bicyclic) bond motifs is 7. The molecule has 0 radical (unpaired) electrons. The molecule has 306 valence electrons. The van der Waals surface area contributed by atoms with Crippen molar-refractivity contribution in [1.29, 1.82) is 0 Å². The normalized spacial score (nSPS) is 43.3. The van der Waals surface area contributed by atoms with Crippen molar-refractivity contribution in [3.05, 3.63) is 35.5 Å². The predicted molar refractivity (Wildman–Crippen MR) is 217 cm³/mol. The van der Waals surface area contributed by atoms with Crippen LogP contribution in [0.25, 0.3) is 0 Å². The number of carboxylic acid groups (broad SMARTS) is 1. The number of nitrogens with zero attached hydrogens (tertiary/aromatic N) is 2. The Labute approximate surface area is 331 Å². The van der Waals surface area contributed by atoms with Crippen LogP contribution >= 0.6 is 0 Å². The molecule has 0 aromatic rings. The molecule has 7 rings (SSSR count). The lowest BCUT2D eigenvalue weighted by Gasteiger charge is -2.72. The lowest BCUT2D eigenvalue weighted by atomic mass is 9.33. The largest absolute Gasteiger partial charge is 0.481 e. The van der Waals surface area contributed by atoms with E-state index in [0.717, 1.165) is 25.8 Å². The van der Waals surface area contributed by atoms with Crippen LogP contribution in [0.1, 0.15) is 139 Å². The third kappa shape index (κ3) is 5.81. The fourth-order valence-electron chi connectivity index (χ4n) is 15.4. The zero-order valence-corrected chi connectivity index (χ0v) is 35.7. The standard InChI is InChI=1S/C47H72FN3O4/c1-30(2)33-15-22-47(49-25-26-50-27-28-51(31(3)52)42(6,7)39(50)53)24-23-44(9)35(38(33)47)11-12-37-43(8)18-16-34(41(4,5)36(43)17-19-45(37,44)10)32-13-20-46(29-48,21-14-32)40(54)55/h13,16,33,35-38,49H,1,11-12,14-15,17-29H2,2-10H3,(H,54,55)/t33-,35+,36-,37+,38+,43-,44+,45+,46-,47?/m0/s1. The van der Waals surface area contributed by atoms with Crippen molar-refractivity contribution in [3.63, 3.8) is 0 Å². The van der Waals surface area contributed by atoms with E-state index < -0.39 is 23.6 Å². The Hall–Kier alpha value is -2.48. The molecule has 8 heteroatoms. The van der Waals surface area contributed by atoms with E-state index in [1.807, 2.05) is 18.7 Å². The van der Waals surface area contributed by atoms with E-state index in [2.05, 4.69) is 65.6 Å². The molecule has 0 aromatic carbocycles. The molecule has 10 atom stereocenters. The van der Waals surface area contributed by atoms with E-state index in [0.29, 0.717) is 62.1 Å². The van der Waals surface area contributed by atoms with Crippen LogP contribution < -0.4 is 5.32 Å². The highest BCUT2D eigenvalue weighted by molar-refractivity contribution is 5.91. The smallest absolute Gasteiger partial charge is 0.312 e. The Morgan fingerprint density at radius 1 is 0.891 bits per heavy atom. The Morgan fingerprint density at radius 3 is 2.24 bits per heavy atom. The minimum atomic E-state index is -1.27. The molecule has 5 fully saturated rings. The van der Waals surface area contributed by atoms with Crippen LogP contribution in [0.4, 0.5) is 4.39 Å². The van der Waals surface area contributed by atoms with Crippen LogP contribution in [-0.4, -0.2) is 76.6 Å². The predicted octanol–water partition coefficient (Wildman–Crippen LogP) is 9.14. The minimum Gasteiger partial charge on any atom is -0.481 e. The lowest BCUT2D eigenvalue weighted by Crippen LogP contribution is -2.68. The molecule has 6 aliphatic carbocycles. The molecule has 1 aliphatic heterocycles. The monoisotopic (exact) mass is 762 g/mol. The molecule has 2 N–H and O–H groups in total. The van der Waals surface area contributed by atoms with Crippen molar-refractivity contribution in [1.82, 2.24) is 15.1 Å². The topological polar surface area (TPSA) is 90.0 Å². The highest BCUT2D eigenvalue weighted by Gasteiger charge is 2.70. The van der Waals surface area contributed by atoms with E-state index >= 15 is 0 Å². The Balaban J connectivity index is 1.12. The van der Waals surface area contributed by atoms with Crippen LogP contribution in [0, 0.1) is 56.7 Å². The third-order valence-electron chi connectivity index (χ3n) is 18.6. The Kier molecular flexibility index (Phi) is 10.0. The number of hydrogen-bond acceptors (Lipinski definition) is 4. The first kappa shape index (κ1) is 40.7. The number of alkyl halides is 1. The highest BCUT2D eigenvalue weighted by Crippen LogP contribution is 2.76. The molecular formula is C47H72FN3O4. The van der Waals surface area contributed by atoms with Crippen molar-refractivity contribution in [2.24, 2.45) is 56.7 Å². The van der Waals surface area contributed by atoms with Gasteiger partial charge in [0.2, 0.25) is 11.8 Å². The van der Waals surface area contributed by atoms with Gasteiger partial charge in [-0.05, 0) is 160 Å². The van der Waals surface area contributed by atoms with Gasteiger partial charge in [0.05, 0.1) is 5.41 Å². The molecule has 7 aliphatic rings. The van der Waals surface area contributed by atoms with Gasteiger partial charge in [-0.25, -0.2) is 4.39 Å². The first-order valence-corrected chi connectivity index (χ1v) is 21.8. The van der Waals surface area contributed by atoms with Crippen LogP contribution in [0.5, 0.6) is 0 Å². The van der Waals surface area contributed by atoms with Crippen molar-refractivity contribution in [2.75, 3.05) is 32.9 Å². The number of carbonyl (C=O) groups is 3. The van der Waals surface area contributed by atoms with Gasteiger partial charge < -0.3 is 20.2 Å². The fourth-order valence-corrected chi connectivity index (χ4v) is 15.4. The second-order valence-electron chi connectivity index (χ2n) is 21.5. The van der Waals surface area contributed by atoms with Gasteiger partial charge in [0, 0.05) is 38.6 Å². The summed E-state index contributed by atoms with van der Waals surface area (Å²) >= 11 is 0. The second kappa shape index (κ2) is 13.5. The number of aliphatic carboxylic acids is 1. The van der Waals surface area contributed by atoms with Crippen molar-refractivity contribution in [2.45, 2.75) is 150 Å². The molecule has 7 nitrogen and oxygen atoms in total. The van der Waals surface area contributed by atoms with Gasteiger partial charge in [-0.3, -0.25) is 14.4 Å². The summed E-state index contributed by atoms with van der Waals surface area (Å²) in [4.78, 5) is 41.6. The number of carbonyl (C=O) groups excluding carboxylic acids is 2. The summed E-state index contributed by atoms with van der Waals surface area (Å²) in [5.74, 6) is 1.80. The van der Waals surface area contributed by atoms with Gasteiger partial charge in [0.15, 0.2) is 0 Å². The summed E-state index contributed by atoms with van der Waals surface area (Å²) in [6, 6.07) is 0. The summed E-state index contributed by atoms with van der Waals surface area (Å²) in [5.41, 5.74) is 2.53. The maximum absolute atomic E-state index is 14.0. The maximum atomic E-state index is 14.0. The quantitative estimate of drug-likeness (QED) is 0.241. The molecule has 1 saturated heterocycles. The molecule has 55 heavy (non-hydrogen) atoms. The first-order valence-electron chi connectivity index (χ1n) is 21.8. The SMILES string of the molecule is C=C(C)[C@@H]1CCC2(NCCN3CCN(C(C)=O)C(C)(C)C3=O)CC[C@]3(C)[C@H](CC[C@@H]4[C@@]5(C)CC=C(C6=CC[C@](CF)(C(=O)O)CC6)C(C)(C)[C@@H]5CC[C@]43C)[C@@H]12. The van der Waals surface area contributed by atoms with Crippen LogP contribution in [-0.2, 0) is 14.4 Å². The molecule has 0 aromatic heterocycles. The molecule has 0 bridgehead atoms. The summed E-state index contributed by atoms with van der Waals surface area (Å²) < 4.78 is 14.0. The number of carboxylic acids is 1. The van der Waals surface area contributed by atoms with Gasteiger partial charge >= 0.3 is 5.97 Å². The third-order valence-corrected chi connectivity index (χ3v) is 18.6. The van der Waals surface area contributed by atoms with E-state index in [1.165, 1.54) is 55.2 Å². The van der Waals surface area contributed by atoms with Crippen LogP contribution in [0.2, 0.25) is 0 Å². The van der Waals surface area contributed by atoms with E-state index in [4.69, 9.17) is 0 Å². The Morgan fingerprint density at radius 2 is 1.62 bits per heavy atom. The van der Waals surface area contributed by atoms with Gasteiger partial charge in [0.1, 0.15) is 12.2 Å². The number of halogens is 1. The van der Waals surface area contributed by atoms with Crippen molar-refractivity contribution >= 4 is 17.8 Å². The zero-order chi connectivity index (χ0) is 40.1. The molecule has 1 unspecified atom stereocenters. The summed E-state index contributed by atoms with van der Waals surface area (Å²) in [7, 11) is 0.